The molecule has 0 bridgehead atoms. The van der Waals surface area contributed by atoms with Crippen LogP contribution in [0.5, 0.6) is 5.75 Å². The molecule has 0 saturated carbocycles. The van der Waals surface area contributed by atoms with E-state index < -0.39 is 28.5 Å². The third kappa shape index (κ3) is 7.32. The lowest BCUT2D eigenvalue weighted by molar-refractivity contribution is -0.139. The van der Waals surface area contributed by atoms with Crippen LogP contribution in [0.3, 0.4) is 0 Å². The Morgan fingerprint density at radius 1 is 0.805 bits per heavy atom. The van der Waals surface area contributed by atoms with Gasteiger partial charge in [0.1, 0.15) is 18.3 Å². The highest BCUT2D eigenvalue weighted by molar-refractivity contribution is 7.92. The first-order chi connectivity index (χ1) is 19.8. The number of nitrogens with one attached hydrogen (secondary N) is 1. The Bertz CT molecular complexity index is 1550. The fraction of sp³-hybridized carbons (Fsp3) is 0.188. The molecule has 1 unspecified atom stereocenters. The number of sulfonamides is 1. The summed E-state index contributed by atoms with van der Waals surface area (Å²) >= 11 is 0. The summed E-state index contributed by atoms with van der Waals surface area (Å²) in [4.78, 5) is 29.0. The van der Waals surface area contributed by atoms with Crippen molar-refractivity contribution in [1.29, 1.82) is 0 Å². The topological polar surface area (TPSA) is 96.0 Å². The highest BCUT2D eigenvalue weighted by Gasteiger charge is 2.34. The Kier molecular flexibility index (Phi) is 9.76. The zero-order valence-electron chi connectivity index (χ0n) is 23.0. The first-order valence-corrected chi connectivity index (χ1v) is 14.6. The number of hydrogen-bond donors (Lipinski definition) is 1. The maximum Gasteiger partial charge on any atom is 0.264 e. The Labute approximate surface area is 241 Å². The van der Waals surface area contributed by atoms with Crippen LogP contribution < -0.4 is 14.4 Å². The van der Waals surface area contributed by atoms with Crippen LogP contribution in [0.4, 0.5) is 5.69 Å². The van der Waals surface area contributed by atoms with Gasteiger partial charge < -0.3 is 15.0 Å². The van der Waals surface area contributed by atoms with E-state index in [4.69, 9.17) is 4.74 Å². The van der Waals surface area contributed by atoms with Gasteiger partial charge in [0.25, 0.3) is 10.0 Å². The maximum atomic E-state index is 14.2. The van der Waals surface area contributed by atoms with Gasteiger partial charge in [-0.1, -0.05) is 84.9 Å². The summed E-state index contributed by atoms with van der Waals surface area (Å²) in [7, 11) is -1.15. The molecule has 0 aromatic heterocycles. The van der Waals surface area contributed by atoms with E-state index >= 15 is 0 Å². The molecule has 0 aliphatic rings. The van der Waals surface area contributed by atoms with Crippen LogP contribution in [0.15, 0.2) is 120 Å². The minimum atomic E-state index is -4.16. The number of benzene rings is 4. The lowest BCUT2D eigenvalue weighted by atomic mass is 10.0. The molecule has 4 rings (SSSR count). The van der Waals surface area contributed by atoms with E-state index in [1.54, 1.807) is 42.5 Å². The van der Waals surface area contributed by atoms with Gasteiger partial charge in [-0.3, -0.25) is 13.9 Å². The van der Waals surface area contributed by atoms with E-state index in [0.29, 0.717) is 5.75 Å². The molecule has 41 heavy (non-hydrogen) atoms. The van der Waals surface area contributed by atoms with E-state index in [1.807, 2.05) is 60.7 Å². The Morgan fingerprint density at radius 3 is 1.98 bits per heavy atom. The molecule has 0 aliphatic carbocycles. The molecule has 2 amide bonds. The van der Waals surface area contributed by atoms with Crippen LogP contribution in [-0.2, 0) is 32.6 Å². The molecule has 0 fully saturated rings. The van der Waals surface area contributed by atoms with Crippen molar-refractivity contribution in [1.82, 2.24) is 10.2 Å². The SMILES string of the molecule is CNC(=O)C(Cc1ccccc1)N(Cc1ccccc1)C(=O)CN(c1cccc(OC)c1)S(=O)(=O)c1ccccc1. The largest absolute Gasteiger partial charge is 0.497 e. The minimum absolute atomic E-state index is 0.0392. The molecule has 0 aliphatic heterocycles. The first-order valence-electron chi connectivity index (χ1n) is 13.1. The van der Waals surface area contributed by atoms with Crippen molar-refractivity contribution in [2.75, 3.05) is 25.0 Å². The van der Waals surface area contributed by atoms with E-state index in [2.05, 4.69) is 5.32 Å². The number of nitrogens with zero attached hydrogens (tertiary/aromatic N) is 2. The number of ether oxygens (including phenoxy) is 1. The van der Waals surface area contributed by atoms with E-state index in [9.17, 15) is 18.0 Å². The van der Waals surface area contributed by atoms with Gasteiger partial charge in [-0.2, -0.15) is 0 Å². The second-order valence-corrected chi connectivity index (χ2v) is 11.2. The quantitative estimate of drug-likeness (QED) is 0.274. The normalized spacial score (nSPS) is 11.8. The van der Waals surface area contributed by atoms with Gasteiger partial charge in [-0.25, -0.2) is 8.42 Å². The fourth-order valence-electron chi connectivity index (χ4n) is 4.51. The second-order valence-electron chi connectivity index (χ2n) is 9.35. The standard InChI is InChI=1S/C32H33N3O5S/c1-33-32(37)30(21-25-13-6-3-7-14-25)34(23-26-15-8-4-9-16-26)31(36)24-35(27-17-12-18-28(22-27)40-2)41(38,39)29-19-10-5-11-20-29/h3-20,22,30H,21,23-24H2,1-2H3,(H,33,37). The van der Waals surface area contributed by atoms with Crippen LogP contribution in [0.1, 0.15) is 11.1 Å². The number of amides is 2. The highest BCUT2D eigenvalue weighted by atomic mass is 32.2. The van der Waals surface area contributed by atoms with Gasteiger partial charge in [0.15, 0.2) is 0 Å². The number of carbonyl (C=O) groups excluding carboxylic acids is 2. The smallest absolute Gasteiger partial charge is 0.264 e. The van der Waals surface area contributed by atoms with Crippen molar-refractivity contribution in [3.05, 3.63) is 126 Å². The molecule has 0 spiro atoms. The molecule has 1 atom stereocenters. The van der Waals surface area contributed by atoms with E-state index in [-0.39, 0.29) is 29.5 Å². The minimum Gasteiger partial charge on any atom is -0.497 e. The molecule has 0 radical (unpaired) electrons. The average molecular weight is 572 g/mol. The third-order valence-electron chi connectivity index (χ3n) is 6.66. The average Bonchev–Trinajstić information content (AvgIpc) is 3.02. The Hall–Kier alpha value is -4.63. The van der Waals surface area contributed by atoms with Gasteiger partial charge in [0.05, 0.1) is 17.7 Å². The number of rotatable bonds is 12. The summed E-state index contributed by atoms with van der Waals surface area (Å²) in [5.41, 5.74) is 1.94. The van der Waals surface area contributed by atoms with Crippen molar-refractivity contribution in [2.45, 2.75) is 23.9 Å². The van der Waals surface area contributed by atoms with Crippen LogP contribution in [0.2, 0.25) is 0 Å². The predicted octanol–water partition coefficient (Wildman–Crippen LogP) is 4.28. The third-order valence-corrected chi connectivity index (χ3v) is 8.45. The van der Waals surface area contributed by atoms with E-state index in [0.717, 1.165) is 15.4 Å². The summed E-state index contributed by atoms with van der Waals surface area (Å²) in [5.74, 6) is -0.436. The lowest BCUT2D eigenvalue weighted by Gasteiger charge is -2.33. The number of anilines is 1. The molecular weight excluding hydrogens is 538 g/mol. The lowest BCUT2D eigenvalue weighted by Crippen LogP contribution is -2.53. The van der Waals surface area contributed by atoms with Crippen molar-refractivity contribution >= 4 is 27.5 Å². The molecule has 0 saturated heterocycles. The van der Waals surface area contributed by atoms with Crippen LogP contribution >= 0.6 is 0 Å². The summed E-state index contributed by atoms with van der Waals surface area (Å²) in [6.07, 6.45) is 0.254. The molecule has 212 valence electrons. The second kappa shape index (κ2) is 13.6. The van der Waals surface area contributed by atoms with Gasteiger partial charge in [0.2, 0.25) is 11.8 Å². The summed E-state index contributed by atoms with van der Waals surface area (Å²) in [5, 5.41) is 2.68. The molecule has 1 N–H and O–H groups in total. The van der Waals surface area contributed by atoms with Gasteiger partial charge in [-0.15, -0.1) is 0 Å². The maximum absolute atomic E-state index is 14.2. The van der Waals surface area contributed by atoms with Crippen LogP contribution in [0, 0.1) is 0 Å². The van der Waals surface area contributed by atoms with Crippen LogP contribution in [0.25, 0.3) is 0 Å². The summed E-state index contributed by atoms with van der Waals surface area (Å²) in [6, 6.07) is 32.3. The van der Waals surface area contributed by atoms with Crippen molar-refractivity contribution in [3.63, 3.8) is 0 Å². The molecule has 8 nitrogen and oxygen atoms in total. The van der Waals surface area contributed by atoms with Crippen molar-refractivity contribution in [2.24, 2.45) is 0 Å². The summed E-state index contributed by atoms with van der Waals surface area (Å²) < 4.78 is 34.3. The highest BCUT2D eigenvalue weighted by Crippen LogP contribution is 2.28. The predicted molar refractivity (Wildman–Crippen MR) is 159 cm³/mol. The summed E-state index contributed by atoms with van der Waals surface area (Å²) in [6.45, 7) is -0.415. The Morgan fingerprint density at radius 2 is 1.39 bits per heavy atom. The zero-order chi connectivity index (χ0) is 29.2. The van der Waals surface area contributed by atoms with Crippen molar-refractivity contribution in [3.8, 4) is 5.75 Å². The molecular formula is C32H33N3O5S. The molecule has 4 aromatic carbocycles. The van der Waals surface area contributed by atoms with Crippen LogP contribution in [-0.4, -0.2) is 51.9 Å². The molecule has 0 heterocycles. The first kappa shape index (κ1) is 29.4. The zero-order valence-corrected chi connectivity index (χ0v) is 23.8. The Balaban J connectivity index is 1.78. The number of likely N-dealkylation sites (N-methyl/N-ethyl adjacent to an activating group) is 1. The van der Waals surface area contributed by atoms with E-state index in [1.165, 1.54) is 31.2 Å². The number of hydrogen-bond acceptors (Lipinski definition) is 5. The monoisotopic (exact) mass is 571 g/mol. The van der Waals surface area contributed by atoms with Gasteiger partial charge >= 0.3 is 0 Å². The van der Waals surface area contributed by atoms with Gasteiger partial charge in [-0.05, 0) is 35.4 Å². The number of carbonyl (C=O) groups is 2. The van der Waals surface area contributed by atoms with Gasteiger partial charge in [0, 0.05) is 26.1 Å². The number of methoxy groups -OCH3 is 1. The fourth-order valence-corrected chi connectivity index (χ4v) is 5.94. The molecule has 4 aromatic rings. The van der Waals surface area contributed by atoms with Crippen molar-refractivity contribution < 1.29 is 22.7 Å². The molecule has 9 heteroatoms.